The van der Waals surface area contributed by atoms with Crippen LogP contribution in [0.3, 0.4) is 0 Å². The topological polar surface area (TPSA) is 104 Å². The van der Waals surface area contributed by atoms with Gasteiger partial charge in [0.1, 0.15) is 5.82 Å². The maximum Gasteiger partial charge on any atom is 0.328 e. The molecule has 1 aliphatic rings. The Balaban J connectivity index is 1.27. The highest BCUT2D eigenvalue weighted by atomic mass is 19.1. The summed E-state index contributed by atoms with van der Waals surface area (Å²) in [6.07, 6.45) is 3.02. The van der Waals surface area contributed by atoms with Crippen LogP contribution < -0.4 is 16.6 Å². The molecule has 0 unspecified atom stereocenters. The Hall–Kier alpha value is -3.59. The number of unbranched alkanes of at least 4 members (excludes halogenated alkanes) is 1. The number of aromatic amines is 1. The molecule has 0 saturated carbocycles. The van der Waals surface area contributed by atoms with Crippen molar-refractivity contribution in [3.8, 4) is 0 Å². The van der Waals surface area contributed by atoms with Crippen LogP contribution in [0.5, 0.6) is 0 Å². The highest BCUT2D eigenvalue weighted by Crippen LogP contribution is 2.22. The maximum atomic E-state index is 13.1. The SMILES string of the molecule is CC(=O)Nc1ccc2c(=O)n(CCCCN3CCC(C(=O)c4ccc(F)cc4)CC3)c(=O)[nH]c2c1. The molecular formula is C26H29FN4O4. The molecule has 8 nitrogen and oxygen atoms in total. The number of halogens is 1. The molecule has 1 amide bonds. The van der Waals surface area contributed by atoms with Gasteiger partial charge in [-0.15, -0.1) is 0 Å². The molecule has 0 aliphatic carbocycles. The molecule has 2 N–H and O–H groups in total. The Morgan fingerprint density at radius 2 is 1.71 bits per heavy atom. The molecule has 0 radical (unpaired) electrons. The minimum absolute atomic E-state index is 0.0439. The lowest BCUT2D eigenvalue weighted by Crippen LogP contribution is -2.37. The van der Waals surface area contributed by atoms with E-state index in [1.54, 1.807) is 30.3 Å². The number of benzene rings is 2. The Labute approximate surface area is 201 Å². The summed E-state index contributed by atoms with van der Waals surface area (Å²) in [6.45, 7) is 4.16. The van der Waals surface area contributed by atoms with E-state index in [1.807, 2.05) is 0 Å². The van der Waals surface area contributed by atoms with E-state index < -0.39 is 5.69 Å². The zero-order valence-corrected chi connectivity index (χ0v) is 19.7. The number of carbonyl (C=O) groups is 2. The Bertz CT molecular complexity index is 1340. The van der Waals surface area contributed by atoms with Crippen LogP contribution in [0.2, 0.25) is 0 Å². The number of carbonyl (C=O) groups excluding carboxylic acids is 2. The summed E-state index contributed by atoms with van der Waals surface area (Å²) >= 11 is 0. The predicted molar refractivity (Wildman–Crippen MR) is 132 cm³/mol. The van der Waals surface area contributed by atoms with Crippen molar-refractivity contribution in [2.24, 2.45) is 5.92 Å². The van der Waals surface area contributed by atoms with Crippen molar-refractivity contribution < 1.29 is 14.0 Å². The molecule has 4 rings (SSSR count). The van der Waals surface area contributed by atoms with Gasteiger partial charge in [-0.3, -0.25) is 19.0 Å². The lowest BCUT2D eigenvalue weighted by Gasteiger charge is -2.31. The van der Waals surface area contributed by atoms with Crippen molar-refractivity contribution in [1.82, 2.24) is 14.5 Å². The van der Waals surface area contributed by atoms with Crippen LogP contribution in [-0.2, 0) is 11.3 Å². The molecule has 0 bridgehead atoms. The van der Waals surface area contributed by atoms with Gasteiger partial charge in [-0.2, -0.15) is 0 Å². The molecule has 0 atom stereocenters. The number of nitrogens with one attached hydrogen (secondary N) is 2. The molecular weight excluding hydrogens is 451 g/mol. The van der Waals surface area contributed by atoms with E-state index in [2.05, 4.69) is 15.2 Å². The van der Waals surface area contributed by atoms with Gasteiger partial charge in [-0.1, -0.05) is 0 Å². The van der Waals surface area contributed by atoms with Gasteiger partial charge in [0, 0.05) is 30.6 Å². The minimum atomic E-state index is -0.470. The van der Waals surface area contributed by atoms with Crippen molar-refractivity contribution >= 4 is 28.3 Å². The van der Waals surface area contributed by atoms with Crippen LogP contribution in [0, 0.1) is 11.7 Å². The first-order valence-electron chi connectivity index (χ1n) is 11.9. The first kappa shape index (κ1) is 24.5. The third-order valence-corrected chi connectivity index (χ3v) is 6.50. The summed E-state index contributed by atoms with van der Waals surface area (Å²) < 4.78 is 14.3. The van der Waals surface area contributed by atoms with Gasteiger partial charge in [-0.25, -0.2) is 9.18 Å². The second kappa shape index (κ2) is 10.8. The quantitative estimate of drug-likeness (QED) is 0.381. The number of piperidine rings is 1. The van der Waals surface area contributed by atoms with Gasteiger partial charge in [-0.05, 0) is 87.8 Å². The zero-order chi connectivity index (χ0) is 24.9. The summed E-state index contributed by atoms with van der Waals surface area (Å²) in [6, 6.07) is 10.5. The number of Topliss-reactive ketones (excluding diaryl/α,β-unsaturated/α-hetero) is 1. The fourth-order valence-corrected chi connectivity index (χ4v) is 4.61. The third kappa shape index (κ3) is 5.92. The highest BCUT2D eigenvalue weighted by molar-refractivity contribution is 5.97. The summed E-state index contributed by atoms with van der Waals surface area (Å²) in [5, 5.41) is 3.03. The molecule has 1 aromatic heterocycles. The molecule has 35 heavy (non-hydrogen) atoms. The number of nitrogens with zero attached hydrogens (tertiary/aromatic N) is 2. The number of H-pyrrole nitrogens is 1. The number of anilines is 1. The minimum Gasteiger partial charge on any atom is -0.326 e. The first-order chi connectivity index (χ1) is 16.8. The largest absolute Gasteiger partial charge is 0.328 e. The van der Waals surface area contributed by atoms with Crippen molar-refractivity contribution in [2.75, 3.05) is 25.0 Å². The van der Waals surface area contributed by atoms with E-state index in [1.165, 1.54) is 23.6 Å². The second-order valence-corrected chi connectivity index (χ2v) is 9.02. The van der Waals surface area contributed by atoms with Gasteiger partial charge in [0.25, 0.3) is 5.56 Å². The third-order valence-electron chi connectivity index (χ3n) is 6.50. The van der Waals surface area contributed by atoms with Gasteiger partial charge < -0.3 is 15.2 Å². The molecule has 9 heteroatoms. The van der Waals surface area contributed by atoms with Gasteiger partial charge in [0.15, 0.2) is 5.78 Å². The Morgan fingerprint density at radius 1 is 1.03 bits per heavy atom. The number of hydrogen-bond acceptors (Lipinski definition) is 5. The van der Waals surface area contributed by atoms with Crippen LogP contribution >= 0.6 is 0 Å². The maximum absolute atomic E-state index is 13.1. The molecule has 1 fully saturated rings. The highest BCUT2D eigenvalue weighted by Gasteiger charge is 2.25. The number of hydrogen-bond donors (Lipinski definition) is 2. The van der Waals surface area contributed by atoms with E-state index in [-0.39, 0.29) is 29.0 Å². The number of amides is 1. The number of likely N-dealkylation sites (tertiary alicyclic amines) is 1. The predicted octanol–water partition coefficient (Wildman–Crippen LogP) is 3.16. The van der Waals surface area contributed by atoms with E-state index in [0.717, 1.165) is 38.9 Å². The molecule has 2 aromatic carbocycles. The van der Waals surface area contributed by atoms with Crippen molar-refractivity contribution in [3.63, 3.8) is 0 Å². The van der Waals surface area contributed by atoms with E-state index in [4.69, 9.17) is 0 Å². The molecule has 0 spiro atoms. The Morgan fingerprint density at radius 3 is 2.40 bits per heavy atom. The average molecular weight is 481 g/mol. The molecule has 1 saturated heterocycles. The molecule has 184 valence electrons. The Kier molecular flexibility index (Phi) is 7.55. The average Bonchev–Trinajstić information content (AvgIpc) is 2.83. The molecule has 3 aromatic rings. The molecule has 1 aliphatic heterocycles. The van der Waals surface area contributed by atoms with E-state index in [9.17, 15) is 23.6 Å². The van der Waals surface area contributed by atoms with Gasteiger partial charge in [0.2, 0.25) is 5.91 Å². The zero-order valence-electron chi connectivity index (χ0n) is 19.7. The normalized spacial score (nSPS) is 14.8. The fraction of sp³-hybridized carbons (Fsp3) is 0.385. The standard InChI is InChI=1S/C26H29FN4O4/c1-17(32)28-21-8-9-22-23(16-21)29-26(35)31(25(22)34)13-3-2-12-30-14-10-19(11-15-30)24(33)18-4-6-20(27)7-5-18/h4-9,16,19H,2-3,10-15H2,1H3,(H,28,32)(H,29,35). The van der Waals surface area contributed by atoms with Crippen molar-refractivity contribution in [3.05, 3.63) is 74.7 Å². The van der Waals surface area contributed by atoms with Crippen LogP contribution in [-0.4, -0.2) is 45.8 Å². The van der Waals surface area contributed by atoms with Crippen LogP contribution in [0.15, 0.2) is 52.1 Å². The smallest absolute Gasteiger partial charge is 0.326 e. The summed E-state index contributed by atoms with van der Waals surface area (Å²) in [5.74, 6) is -0.550. The number of fused-ring (bicyclic) bond motifs is 1. The van der Waals surface area contributed by atoms with Crippen LogP contribution in [0.4, 0.5) is 10.1 Å². The summed E-state index contributed by atoms with van der Waals surface area (Å²) in [5.41, 5.74) is 0.643. The number of rotatable bonds is 8. The lowest BCUT2D eigenvalue weighted by molar-refractivity contribution is -0.114. The van der Waals surface area contributed by atoms with Crippen molar-refractivity contribution in [2.45, 2.75) is 39.2 Å². The van der Waals surface area contributed by atoms with E-state index in [0.29, 0.717) is 35.1 Å². The number of aromatic nitrogens is 2. The van der Waals surface area contributed by atoms with Gasteiger partial charge >= 0.3 is 5.69 Å². The monoisotopic (exact) mass is 480 g/mol. The van der Waals surface area contributed by atoms with Gasteiger partial charge in [0.05, 0.1) is 10.9 Å². The van der Waals surface area contributed by atoms with Crippen molar-refractivity contribution in [1.29, 1.82) is 0 Å². The van der Waals surface area contributed by atoms with E-state index >= 15 is 0 Å². The first-order valence-corrected chi connectivity index (χ1v) is 11.9. The summed E-state index contributed by atoms with van der Waals surface area (Å²) in [4.78, 5) is 54.2. The summed E-state index contributed by atoms with van der Waals surface area (Å²) in [7, 11) is 0. The number of ketones is 1. The fourth-order valence-electron chi connectivity index (χ4n) is 4.61. The molecule has 2 heterocycles. The van der Waals surface area contributed by atoms with Crippen LogP contribution in [0.25, 0.3) is 10.9 Å². The van der Waals surface area contributed by atoms with Crippen LogP contribution in [0.1, 0.15) is 43.0 Å². The lowest BCUT2D eigenvalue weighted by atomic mass is 9.89. The second-order valence-electron chi connectivity index (χ2n) is 9.02.